The standard InChI is InChI=1S/C14H7Cl5S2/c1-4-3-6-12(7(15)5(4)2)21-14-11(19)9(17)8(16)10(18)13(14)20-6/h3H,1-2H3. The summed E-state index contributed by atoms with van der Waals surface area (Å²) in [4.78, 5) is 3.66. The molecular weight excluding hydrogens is 410 g/mol. The minimum atomic E-state index is 0.276. The molecule has 0 amide bonds. The summed E-state index contributed by atoms with van der Waals surface area (Å²) < 4.78 is 0. The summed E-state index contributed by atoms with van der Waals surface area (Å²) >= 11 is 34.4. The van der Waals surface area contributed by atoms with Gasteiger partial charge >= 0.3 is 0 Å². The molecule has 2 aromatic rings. The molecule has 0 bridgehead atoms. The lowest BCUT2D eigenvalue weighted by Gasteiger charge is -2.24. The zero-order chi connectivity index (χ0) is 15.5. The van der Waals surface area contributed by atoms with E-state index in [2.05, 4.69) is 6.07 Å². The number of hydrogen-bond donors (Lipinski definition) is 0. The van der Waals surface area contributed by atoms with Crippen LogP contribution in [0, 0.1) is 13.8 Å². The number of rotatable bonds is 0. The summed E-state index contributed by atoms with van der Waals surface area (Å²) in [5.74, 6) is 0. The van der Waals surface area contributed by atoms with E-state index in [0.717, 1.165) is 35.7 Å². The van der Waals surface area contributed by atoms with Gasteiger partial charge in [-0.05, 0) is 31.0 Å². The Bertz CT molecular complexity index is 786. The maximum absolute atomic E-state index is 6.48. The van der Waals surface area contributed by atoms with Crippen LogP contribution in [-0.4, -0.2) is 0 Å². The van der Waals surface area contributed by atoms with Crippen LogP contribution in [0.3, 0.4) is 0 Å². The highest BCUT2D eigenvalue weighted by Crippen LogP contribution is 2.59. The van der Waals surface area contributed by atoms with E-state index in [0.29, 0.717) is 10.0 Å². The van der Waals surface area contributed by atoms with E-state index >= 15 is 0 Å². The molecule has 0 atom stereocenters. The van der Waals surface area contributed by atoms with Crippen molar-refractivity contribution in [3.63, 3.8) is 0 Å². The van der Waals surface area contributed by atoms with Crippen molar-refractivity contribution >= 4 is 81.5 Å². The molecule has 0 spiro atoms. The van der Waals surface area contributed by atoms with Gasteiger partial charge < -0.3 is 0 Å². The van der Waals surface area contributed by atoms with Crippen LogP contribution in [-0.2, 0) is 0 Å². The van der Waals surface area contributed by atoms with E-state index in [1.165, 1.54) is 23.5 Å². The van der Waals surface area contributed by atoms with E-state index in [-0.39, 0.29) is 10.0 Å². The second-order valence-electron chi connectivity index (χ2n) is 4.58. The van der Waals surface area contributed by atoms with Crippen molar-refractivity contribution in [1.82, 2.24) is 0 Å². The molecule has 0 N–H and O–H groups in total. The van der Waals surface area contributed by atoms with Gasteiger partial charge in [0, 0.05) is 19.6 Å². The quantitative estimate of drug-likeness (QED) is 0.268. The van der Waals surface area contributed by atoms with Gasteiger partial charge in [-0.1, -0.05) is 81.5 Å². The van der Waals surface area contributed by atoms with Crippen LogP contribution in [0.25, 0.3) is 0 Å². The number of benzene rings is 2. The van der Waals surface area contributed by atoms with Crippen molar-refractivity contribution in [3.8, 4) is 0 Å². The Morgan fingerprint density at radius 1 is 0.667 bits per heavy atom. The Morgan fingerprint density at radius 3 is 1.76 bits per heavy atom. The van der Waals surface area contributed by atoms with E-state index in [1.54, 1.807) is 0 Å². The van der Waals surface area contributed by atoms with E-state index in [9.17, 15) is 0 Å². The van der Waals surface area contributed by atoms with Crippen LogP contribution in [0.1, 0.15) is 11.1 Å². The molecule has 1 heterocycles. The molecule has 0 nitrogen and oxygen atoms in total. The molecule has 0 unspecified atom stereocenters. The lowest BCUT2D eigenvalue weighted by atomic mass is 10.1. The minimum absolute atomic E-state index is 0.276. The maximum atomic E-state index is 6.48. The number of halogens is 5. The Morgan fingerprint density at radius 2 is 1.19 bits per heavy atom. The molecule has 0 aliphatic carbocycles. The highest BCUT2D eigenvalue weighted by atomic mass is 35.5. The molecule has 110 valence electrons. The number of fused-ring (bicyclic) bond motifs is 2. The predicted octanol–water partition coefficient (Wildman–Crippen LogP) is 8.19. The summed E-state index contributed by atoms with van der Waals surface area (Å²) in [6.07, 6.45) is 0. The normalized spacial score (nSPS) is 13.1. The van der Waals surface area contributed by atoms with Crippen LogP contribution in [0.15, 0.2) is 25.6 Å². The van der Waals surface area contributed by atoms with Gasteiger partial charge in [0.05, 0.1) is 25.1 Å². The third-order valence-electron chi connectivity index (χ3n) is 3.29. The molecule has 0 radical (unpaired) electrons. The average Bonchev–Trinajstić information content (AvgIpc) is 2.47. The van der Waals surface area contributed by atoms with Gasteiger partial charge in [0.25, 0.3) is 0 Å². The van der Waals surface area contributed by atoms with Crippen LogP contribution in [0.2, 0.25) is 25.1 Å². The SMILES string of the molecule is Cc1cc2c(c(Cl)c1C)Sc1c(Cl)c(Cl)c(Cl)c(Cl)c1S2. The lowest BCUT2D eigenvalue weighted by molar-refractivity contribution is 1.12. The molecule has 1 aliphatic heterocycles. The molecule has 2 aromatic carbocycles. The maximum Gasteiger partial charge on any atom is 0.0806 e. The Balaban J connectivity index is 2.27. The third kappa shape index (κ3) is 2.57. The van der Waals surface area contributed by atoms with Crippen LogP contribution >= 0.6 is 81.5 Å². The summed E-state index contributed by atoms with van der Waals surface area (Å²) in [6, 6.07) is 2.10. The van der Waals surface area contributed by atoms with Crippen molar-refractivity contribution in [3.05, 3.63) is 42.3 Å². The summed E-state index contributed by atoms with van der Waals surface area (Å²) in [7, 11) is 0. The highest BCUT2D eigenvalue weighted by molar-refractivity contribution is 8.05. The monoisotopic (exact) mass is 414 g/mol. The zero-order valence-corrected chi connectivity index (χ0v) is 16.2. The van der Waals surface area contributed by atoms with E-state index in [1.807, 2.05) is 13.8 Å². The van der Waals surface area contributed by atoms with Crippen molar-refractivity contribution in [2.75, 3.05) is 0 Å². The zero-order valence-electron chi connectivity index (χ0n) is 10.8. The van der Waals surface area contributed by atoms with Crippen LogP contribution in [0.5, 0.6) is 0 Å². The van der Waals surface area contributed by atoms with Gasteiger partial charge in [0.15, 0.2) is 0 Å². The van der Waals surface area contributed by atoms with E-state index in [4.69, 9.17) is 58.0 Å². The molecule has 0 aromatic heterocycles. The molecule has 0 saturated heterocycles. The first-order valence-electron chi connectivity index (χ1n) is 5.84. The van der Waals surface area contributed by atoms with Gasteiger partial charge in [-0.3, -0.25) is 0 Å². The molecule has 7 heteroatoms. The predicted molar refractivity (Wildman–Crippen MR) is 95.7 cm³/mol. The Labute approximate surface area is 156 Å². The highest BCUT2D eigenvalue weighted by Gasteiger charge is 2.28. The van der Waals surface area contributed by atoms with Crippen LogP contribution < -0.4 is 0 Å². The van der Waals surface area contributed by atoms with E-state index < -0.39 is 0 Å². The van der Waals surface area contributed by atoms with Crippen molar-refractivity contribution in [2.45, 2.75) is 33.4 Å². The molecule has 1 aliphatic rings. The fourth-order valence-electron chi connectivity index (χ4n) is 1.98. The smallest absolute Gasteiger partial charge is 0.0806 e. The molecular formula is C14H7Cl5S2. The average molecular weight is 417 g/mol. The first-order chi connectivity index (χ1) is 9.82. The minimum Gasteiger partial charge on any atom is -0.0860 e. The van der Waals surface area contributed by atoms with Gasteiger partial charge in [0.1, 0.15) is 0 Å². The third-order valence-corrected chi connectivity index (χ3v) is 8.55. The fraction of sp³-hybridized carbons (Fsp3) is 0.143. The van der Waals surface area contributed by atoms with Gasteiger partial charge in [0.2, 0.25) is 0 Å². The second-order valence-corrected chi connectivity index (χ2v) is 8.54. The number of aryl methyl sites for hydroxylation is 1. The first kappa shape index (κ1) is 16.4. The topological polar surface area (TPSA) is 0 Å². The van der Waals surface area contributed by atoms with Crippen LogP contribution in [0.4, 0.5) is 0 Å². The Hall–Kier alpha value is 0.590. The Kier molecular flexibility index (Phi) is 4.62. The second kappa shape index (κ2) is 5.90. The van der Waals surface area contributed by atoms with Gasteiger partial charge in [-0.2, -0.15) is 0 Å². The lowest BCUT2D eigenvalue weighted by Crippen LogP contribution is -1.97. The molecule has 3 rings (SSSR count). The molecule has 0 saturated carbocycles. The summed E-state index contributed by atoms with van der Waals surface area (Å²) in [5.41, 5.74) is 2.20. The fourth-order valence-corrected chi connectivity index (χ4v) is 6.24. The summed E-state index contributed by atoms with van der Waals surface area (Å²) in [5, 5.41) is 2.15. The molecule has 21 heavy (non-hydrogen) atoms. The summed E-state index contributed by atoms with van der Waals surface area (Å²) in [6.45, 7) is 4.04. The largest absolute Gasteiger partial charge is 0.0860 e. The van der Waals surface area contributed by atoms with Crippen molar-refractivity contribution in [2.24, 2.45) is 0 Å². The van der Waals surface area contributed by atoms with Gasteiger partial charge in [-0.15, -0.1) is 0 Å². The van der Waals surface area contributed by atoms with Gasteiger partial charge in [-0.25, -0.2) is 0 Å². The van der Waals surface area contributed by atoms with Crippen molar-refractivity contribution in [1.29, 1.82) is 0 Å². The number of hydrogen-bond acceptors (Lipinski definition) is 2. The first-order valence-corrected chi connectivity index (χ1v) is 9.36. The van der Waals surface area contributed by atoms with Crippen molar-refractivity contribution < 1.29 is 0 Å². The molecule has 0 fully saturated rings.